The fourth-order valence-corrected chi connectivity index (χ4v) is 3.12. The Bertz CT molecular complexity index is 594. The average molecular weight is 330 g/mol. The molecule has 0 aliphatic heterocycles. The molecular weight excluding hydrogens is 294 g/mol. The molecule has 0 radical (unpaired) electrons. The van der Waals surface area contributed by atoms with Gasteiger partial charge in [0, 0.05) is 19.2 Å². The molecule has 2 aromatic rings. The van der Waals surface area contributed by atoms with Gasteiger partial charge in [-0.2, -0.15) is 0 Å². The van der Waals surface area contributed by atoms with Crippen molar-refractivity contribution in [1.29, 1.82) is 0 Å². The summed E-state index contributed by atoms with van der Waals surface area (Å²) in [6.45, 7) is 10.6. The van der Waals surface area contributed by atoms with Crippen LogP contribution in [0.15, 0.2) is 31.4 Å². The van der Waals surface area contributed by atoms with E-state index in [0.717, 1.165) is 34.9 Å². The smallest absolute Gasteiger partial charge is 0.109 e. The van der Waals surface area contributed by atoms with Crippen LogP contribution in [0.4, 0.5) is 5.69 Å². The van der Waals surface area contributed by atoms with E-state index in [9.17, 15) is 0 Å². The zero-order valence-corrected chi connectivity index (χ0v) is 15.9. The van der Waals surface area contributed by atoms with Crippen LogP contribution in [-0.2, 0) is 13.5 Å². The van der Waals surface area contributed by atoms with E-state index < -0.39 is 0 Å². The molecule has 134 valence electrons. The molecule has 0 bridgehead atoms. The molecule has 1 aliphatic carbocycles. The van der Waals surface area contributed by atoms with Crippen molar-refractivity contribution in [3.63, 3.8) is 0 Å². The number of hydrogen-bond acceptors (Lipinski definition) is 2. The number of aryl methyl sites for hydroxylation is 2. The summed E-state index contributed by atoms with van der Waals surface area (Å²) in [7, 11) is 2.06. The summed E-state index contributed by atoms with van der Waals surface area (Å²) in [5.41, 5.74) is 8.73. The number of nitrogen functional groups attached to an aromatic ring is 1. The molecule has 2 N–H and O–H groups in total. The van der Waals surface area contributed by atoms with Crippen LogP contribution in [0.2, 0.25) is 0 Å². The first kappa shape index (κ1) is 20.3. The summed E-state index contributed by atoms with van der Waals surface area (Å²) in [6.07, 6.45) is 10.9. The van der Waals surface area contributed by atoms with Gasteiger partial charge in [0.2, 0.25) is 0 Å². The largest absolute Gasteiger partial charge is 0.399 e. The van der Waals surface area contributed by atoms with Crippen molar-refractivity contribution in [3.05, 3.63) is 37.2 Å². The number of benzene rings is 1. The van der Waals surface area contributed by atoms with E-state index in [1.165, 1.54) is 44.9 Å². The average Bonchev–Trinajstić information content (AvgIpc) is 2.92. The quantitative estimate of drug-likeness (QED) is 0.564. The molecule has 3 nitrogen and oxygen atoms in total. The van der Waals surface area contributed by atoms with Gasteiger partial charge in [-0.1, -0.05) is 52.4 Å². The molecule has 0 spiro atoms. The van der Waals surface area contributed by atoms with E-state index in [0.29, 0.717) is 0 Å². The number of nitrogens with two attached hydrogens (primary N) is 1. The molecule has 0 atom stereocenters. The SMILES string of the molecule is C=C.CC1CCCCC1.CCCCc1nc2ccc(N)cc2n1C. The van der Waals surface area contributed by atoms with Gasteiger partial charge in [-0.3, -0.25) is 0 Å². The van der Waals surface area contributed by atoms with Crippen LogP contribution in [0.3, 0.4) is 0 Å². The molecule has 1 aromatic carbocycles. The fourth-order valence-electron chi connectivity index (χ4n) is 3.12. The molecule has 3 heteroatoms. The summed E-state index contributed by atoms with van der Waals surface area (Å²) in [5, 5.41) is 0. The lowest BCUT2D eigenvalue weighted by Crippen LogP contribution is -1.99. The summed E-state index contributed by atoms with van der Waals surface area (Å²) < 4.78 is 2.14. The summed E-state index contributed by atoms with van der Waals surface area (Å²) in [4.78, 5) is 4.60. The van der Waals surface area contributed by atoms with Crippen LogP contribution in [-0.4, -0.2) is 9.55 Å². The van der Waals surface area contributed by atoms with Crippen LogP contribution < -0.4 is 5.73 Å². The first-order chi connectivity index (χ1) is 11.6. The van der Waals surface area contributed by atoms with E-state index >= 15 is 0 Å². The molecule has 1 aromatic heterocycles. The minimum atomic E-state index is 0.799. The Kier molecular flexibility index (Phi) is 9.21. The lowest BCUT2D eigenvalue weighted by molar-refractivity contribution is 0.385. The minimum absolute atomic E-state index is 0.799. The van der Waals surface area contributed by atoms with Gasteiger partial charge in [0.15, 0.2) is 0 Å². The van der Waals surface area contributed by atoms with Crippen molar-refractivity contribution in [1.82, 2.24) is 9.55 Å². The minimum Gasteiger partial charge on any atom is -0.399 e. The number of hydrogen-bond donors (Lipinski definition) is 1. The predicted octanol–water partition coefficient (Wildman–Crippen LogP) is 5.89. The van der Waals surface area contributed by atoms with E-state index in [4.69, 9.17) is 5.73 Å². The number of nitrogens with zero attached hydrogens (tertiary/aromatic N) is 2. The number of aromatic nitrogens is 2. The van der Waals surface area contributed by atoms with Crippen LogP contribution >= 0.6 is 0 Å². The highest BCUT2D eigenvalue weighted by molar-refractivity contribution is 5.79. The van der Waals surface area contributed by atoms with E-state index in [-0.39, 0.29) is 0 Å². The zero-order valence-electron chi connectivity index (χ0n) is 15.9. The molecule has 1 heterocycles. The van der Waals surface area contributed by atoms with Crippen molar-refractivity contribution in [2.75, 3.05) is 5.73 Å². The highest BCUT2D eigenvalue weighted by Gasteiger charge is 2.07. The van der Waals surface area contributed by atoms with Crippen LogP contribution in [0.1, 0.15) is 64.6 Å². The normalized spacial score (nSPS) is 14.5. The maximum Gasteiger partial charge on any atom is 0.109 e. The fraction of sp³-hybridized carbons (Fsp3) is 0.571. The Morgan fingerprint density at radius 3 is 2.42 bits per heavy atom. The highest BCUT2D eigenvalue weighted by atomic mass is 15.1. The van der Waals surface area contributed by atoms with Gasteiger partial charge in [-0.05, 0) is 30.5 Å². The van der Waals surface area contributed by atoms with E-state index in [1.807, 2.05) is 18.2 Å². The van der Waals surface area contributed by atoms with Gasteiger partial charge < -0.3 is 10.3 Å². The molecule has 1 saturated carbocycles. The summed E-state index contributed by atoms with van der Waals surface area (Å²) >= 11 is 0. The lowest BCUT2D eigenvalue weighted by atomic mass is 9.91. The summed E-state index contributed by atoms with van der Waals surface area (Å²) in [6, 6.07) is 5.87. The zero-order chi connectivity index (χ0) is 17.9. The predicted molar refractivity (Wildman–Crippen MR) is 107 cm³/mol. The van der Waals surface area contributed by atoms with Crippen molar-refractivity contribution in [2.45, 2.75) is 65.2 Å². The second-order valence-electron chi connectivity index (χ2n) is 6.68. The first-order valence-corrected chi connectivity index (χ1v) is 9.32. The Balaban J connectivity index is 0.000000268. The molecule has 0 amide bonds. The number of rotatable bonds is 3. The monoisotopic (exact) mass is 329 g/mol. The van der Waals surface area contributed by atoms with Gasteiger partial charge in [0.1, 0.15) is 5.82 Å². The molecule has 0 unspecified atom stereocenters. The molecule has 3 rings (SSSR count). The summed E-state index contributed by atoms with van der Waals surface area (Å²) in [5.74, 6) is 2.19. The number of anilines is 1. The van der Waals surface area contributed by atoms with Gasteiger partial charge >= 0.3 is 0 Å². The number of unbranched alkanes of at least 4 members (excludes halogenated alkanes) is 1. The Morgan fingerprint density at radius 2 is 1.88 bits per heavy atom. The second-order valence-corrected chi connectivity index (χ2v) is 6.68. The Hall–Kier alpha value is -1.77. The van der Waals surface area contributed by atoms with Crippen molar-refractivity contribution >= 4 is 16.7 Å². The van der Waals surface area contributed by atoms with Gasteiger partial charge in [0.25, 0.3) is 0 Å². The van der Waals surface area contributed by atoms with Crippen molar-refractivity contribution in [3.8, 4) is 0 Å². The molecule has 24 heavy (non-hydrogen) atoms. The second kappa shape index (κ2) is 10.9. The maximum atomic E-state index is 5.76. The molecule has 0 saturated heterocycles. The lowest BCUT2D eigenvalue weighted by Gasteiger charge is -2.15. The van der Waals surface area contributed by atoms with Crippen molar-refractivity contribution < 1.29 is 0 Å². The van der Waals surface area contributed by atoms with Crippen molar-refractivity contribution in [2.24, 2.45) is 13.0 Å². The maximum absolute atomic E-state index is 5.76. The van der Waals surface area contributed by atoms with Gasteiger partial charge in [-0.25, -0.2) is 4.98 Å². The Morgan fingerprint density at radius 1 is 1.21 bits per heavy atom. The third-order valence-corrected chi connectivity index (χ3v) is 4.65. The number of imidazole rings is 1. The highest BCUT2D eigenvalue weighted by Crippen LogP contribution is 2.22. The van der Waals surface area contributed by atoms with Crippen LogP contribution in [0, 0.1) is 5.92 Å². The number of fused-ring (bicyclic) bond motifs is 1. The van der Waals surface area contributed by atoms with Gasteiger partial charge in [-0.15, -0.1) is 13.2 Å². The van der Waals surface area contributed by atoms with Gasteiger partial charge in [0.05, 0.1) is 11.0 Å². The third-order valence-electron chi connectivity index (χ3n) is 4.65. The Labute approximate surface area is 148 Å². The van der Waals surface area contributed by atoms with Crippen LogP contribution in [0.25, 0.3) is 11.0 Å². The molecular formula is C21H35N3. The third kappa shape index (κ3) is 6.03. The molecule has 1 aliphatic rings. The van der Waals surface area contributed by atoms with E-state index in [2.05, 4.69) is 43.6 Å². The standard InChI is InChI=1S/C12H17N3.C7H14.C2H4/c1-3-4-5-12-14-10-7-6-9(13)8-11(10)15(12)2;1-7-5-3-2-4-6-7;1-2/h6-8H,3-5,13H2,1-2H3;7H,2-6H2,1H3;1-2H2. The topological polar surface area (TPSA) is 43.8 Å². The molecule has 1 fully saturated rings. The first-order valence-electron chi connectivity index (χ1n) is 9.32. The van der Waals surface area contributed by atoms with E-state index in [1.54, 1.807) is 0 Å². The van der Waals surface area contributed by atoms with Crippen LogP contribution in [0.5, 0.6) is 0 Å².